The smallest absolute Gasteiger partial charge is 0.271 e. The number of amides is 1. The minimum absolute atomic E-state index is 0.266. The number of carbonyl (C=O) groups excluding carboxylic acids is 1. The van der Waals surface area contributed by atoms with E-state index in [-0.39, 0.29) is 17.4 Å². The summed E-state index contributed by atoms with van der Waals surface area (Å²) in [7, 11) is 0. The Morgan fingerprint density at radius 2 is 1.82 bits per heavy atom. The molecule has 1 N–H and O–H groups in total. The topological polar surface area (TPSA) is 77.1 Å². The van der Waals surface area contributed by atoms with Gasteiger partial charge in [-0.15, -0.1) is 0 Å². The average Bonchev–Trinajstić information content (AvgIpc) is 3.52. The Hall–Kier alpha value is -4.33. The highest BCUT2D eigenvalue weighted by Crippen LogP contribution is 2.26. The molecular weight excluding hydrogens is 419 g/mol. The second-order valence-electron chi connectivity index (χ2n) is 7.61. The third-order valence-corrected chi connectivity index (χ3v) is 5.31. The van der Waals surface area contributed by atoms with E-state index in [2.05, 4.69) is 15.4 Å². The molecule has 33 heavy (non-hydrogen) atoms. The van der Waals surface area contributed by atoms with E-state index in [9.17, 15) is 9.18 Å². The molecule has 0 atom stereocenters. The standard InChI is InChI=1S/C25H21FN6O/c26-20-9-7-19(8-10-20)23-15-21(18-5-2-1-3-6-18)29-24-16-22(30-32(23)24)25(33)28-11-4-13-31-14-12-27-17-31/h1-3,5-10,12,14-17H,4,11,13H2,(H,28,33). The molecule has 2 aromatic carbocycles. The highest BCUT2D eigenvalue weighted by molar-refractivity contribution is 5.93. The van der Waals surface area contributed by atoms with Crippen LogP contribution in [0.3, 0.4) is 0 Å². The lowest BCUT2D eigenvalue weighted by molar-refractivity contribution is 0.0947. The van der Waals surface area contributed by atoms with Crippen LogP contribution in [0.5, 0.6) is 0 Å². The first-order chi connectivity index (χ1) is 16.2. The molecule has 0 fully saturated rings. The molecular formula is C25H21FN6O. The lowest BCUT2D eigenvalue weighted by atomic mass is 10.1. The molecule has 0 radical (unpaired) electrons. The number of nitrogens with one attached hydrogen (secondary N) is 1. The molecule has 0 aliphatic rings. The van der Waals surface area contributed by atoms with E-state index in [1.54, 1.807) is 35.2 Å². The first-order valence-electron chi connectivity index (χ1n) is 10.6. The fourth-order valence-corrected chi connectivity index (χ4v) is 3.64. The maximum absolute atomic E-state index is 13.5. The fourth-order valence-electron chi connectivity index (χ4n) is 3.64. The first-order valence-corrected chi connectivity index (χ1v) is 10.6. The SMILES string of the molecule is O=C(NCCCn1ccnc1)c1cc2nc(-c3ccccc3)cc(-c3ccc(F)cc3)n2n1. The molecule has 0 aliphatic heterocycles. The number of rotatable bonds is 7. The zero-order valence-corrected chi connectivity index (χ0v) is 17.7. The van der Waals surface area contributed by atoms with Crippen LogP contribution in [0.15, 0.2) is 85.5 Å². The van der Waals surface area contributed by atoms with Crippen LogP contribution in [0, 0.1) is 5.82 Å². The number of halogens is 1. The molecule has 7 nitrogen and oxygen atoms in total. The van der Waals surface area contributed by atoms with Gasteiger partial charge in [0.05, 0.1) is 17.7 Å². The zero-order valence-electron chi connectivity index (χ0n) is 17.7. The summed E-state index contributed by atoms with van der Waals surface area (Å²) in [6.45, 7) is 1.28. The first kappa shape index (κ1) is 20.6. The van der Waals surface area contributed by atoms with Gasteiger partial charge in [0.2, 0.25) is 0 Å². The van der Waals surface area contributed by atoms with Crippen molar-refractivity contribution in [3.63, 3.8) is 0 Å². The molecule has 0 bridgehead atoms. The normalized spacial score (nSPS) is 11.1. The molecule has 5 aromatic rings. The van der Waals surface area contributed by atoms with Crippen LogP contribution in [-0.2, 0) is 6.54 Å². The summed E-state index contributed by atoms with van der Waals surface area (Å²) in [5.41, 5.74) is 4.00. The van der Waals surface area contributed by atoms with Gasteiger partial charge < -0.3 is 9.88 Å². The van der Waals surface area contributed by atoms with Gasteiger partial charge in [-0.05, 0) is 36.8 Å². The minimum Gasteiger partial charge on any atom is -0.351 e. The molecule has 0 aliphatic carbocycles. The molecule has 1 amide bonds. The molecule has 0 saturated heterocycles. The van der Waals surface area contributed by atoms with Gasteiger partial charge in [0.15, 0.2) is 11.3 Å². The quantitative estimate of drug-likeness (QED) is 0.385. The maximum atomic E-state index is 13.5. The lowest BCUT2D eigenvalue weighted by Crippen LogP contribution is -2.25. The number of aromatic nitrogens is 5. The van der Waals surface area contributed by atoms with E-state index < -0.39 is 0 Å². The summed E-state index contributed by atoms with van der Waals surface area (Å²) in [4.78, 5) is 21.5. The number of nitrogens with zero attached hydrogens (tertiary/aromatic N) is 5. The number of fused-ring (bicyclic) bond motifs is 1. The van der Waals surface area contributed by atoms with Crippen LogP contribution in [-0.4, -0.2) is 36.6 Å². The van der Waals surface area contributed by atoms with Crippen molar-refractivity contribution in [2.45, 2.75) is 13.0 Å². The van der Waals surface area contributed by atoms with E-state index >= 15 is 0 Å². The largest absolute Gasteiger partial charge is 0.351 e. The summed E-state index contributed by atoms with van der Waals surface area (Å²) in [6.07, 6.45) is 6.13. The third-order valence-electron chi connectivity index (χ3n) is 5.31. The van der Waals surface area contributed by atoms with Gasteiger partial charge in [-0.25, -0.2) is 18.9 Å². The predicted octanol–water partition coefficient (Wildman–Crippen LogP) is 4.22. The van der Waals surface area contributed by atoms with E-state index in [0.717, 1.165) is 35.5 Å². The monoisotopic (exact) mass is 440 g/mol. The summed E-state index contributed by atoms with van der Waals surface area (Å²) in [6, 6.07) is 19.5. The van der Waals surface area contributed by atoms with Gasteiger partial charge in [0.25, 0.3) is 5.91 Å². The summed E-state index contributed by atoms with van der Waals surface area (Å²) >= 11 is 0. The van der Waals surface area contributed by atoms with Gasteiger partial charge in [-0.3, -0.25) is 4.79 Å². The Morgan fingerprint density at radius 1 is 1.00 bits per heavy atom. The number of hydrogen-bond donors (Lipinski definition) is 1. The second kappa shape index (κ2) is 9.04. The van der Waals surface area contributed by atoms with Crippen molar-refractivity contribution in [1.29, 1.82) is 0 Å². The highest BCUT2D eigenvalue weighted by Gasteiger charge is 2.16. The number of benzene rings is 2. The van der Waals surface area contributed by atoms with Crippen LogP contribution in [0.2, 0.25) is 0 Å². The number of imidazole rings is 1. The molecule has 0 unspecified atom stereocenters. The Labute approximate surface area is 189 Å². The van der Waals surface area contributed by atoms with Crippen molar-refractivity contribution < 1.29 is 9.18 Å². The number of aryl methyl sites for hydroxylation is 1. The summed E-state index contributed by atoms with van der Waals surface area (Å²) in [5, 5.41) is 7.42. The van der Waals surface area contributed by atoms with Gasteiger partial charge in [0.1, 0.15) is 5.82 Å². The Balaban J connectivity index is 1.45. The summed E-state index contributed by atoms with van der Waals surface area (Å²) in [5.74, 6) is -0.582. The van der Waals surface area contributed by atoms with E-state index in [1.807, 2.05) is 47.2 Å². The molecule has 164 valence electrons. The van der Waals surface area contributed by atoms with Crippen molar-refractivity contribution >= 4 is 11.6 Å². The van der Waals surface area contributed by atoms with E-state index in [0.29, 0.717) is 12.2 Å². The maximum Gasteiger partial charge on any atom is 0.271 e. The molecule has 8 heteroatoms. The molecule has 3 aromatic heterocycles. The van der Waals surface area contributed by atoms with Crippen molar-refractivity contribution in [1.82, 2.24) is 29.5 Å². The van der Waals surface area contributed by atoms with E-state index in [4.69, 9.17) is 4.98 Å². The van der Waals surface area contributed by atoms with Crippen molar-refractivity contribution in [3.05, 3.63) is 97.0 Å². The predicted molar refractivity (Wildman–Crippen MR) is 123 cm³/mol. The van der Waals surface area contributed by atoms with Gasteiger partial charge in [0, 0.05) is 42.7 Å². The van der Waals surface area contributed by atoms with Crippen LogP contribution in [0.25, 0.3) is 28.2 Å². The van der Waals surface area contributed by atoms with Crippen LogP contribution in [0.1, 0.15) is 16.9 Å². The Bertz CT molecular complexity index is 1380. The van der Waals surface area contributed by atoms with Crippen LogP contribution in [0.4, 0.5) is 4.39 Å². The highest BCUT2D eigenvalue weighted by atomic mass is 19.1. The number of carbonyl (C=O) groups is 1. The van der Waals surface area contributed by atoms with Gasteiger partial charge in [-0.2, -0.15) is 5.10 Å². The minimum atomic E-state index is -0.316. The van der Waals surface area contributed by atoms with Crippen LogP contribution >= 0.6 is 0 Å². The average molecular weight is 440 g/mol. The lowest BCUT2D eigenvalue weighted by Gasteiger charge is -2.08. The molecule has 3 heterocycles. The van der Waals surface area contributed by atoms with Crippen molar-refractivity contribution in [3.8, 4) is 22.5 Å². The van der Waals surface area contributed by atoms with Crippen molar-refractivity contribution in [2.24, 2.45) is 0 Å². The summed E-state index contributed by atoms with van der Waals surface area (Å²) < 4.78 is 17.1. The molecule has 0 saturated carbocycles. The second-order valence-corrected chi connectivity index (χ2v) is 7.61. The molecule has 5 rings (SSSR count). The number of hydrogen-bond acceptors (Lipinski definition) is 4. The zero-order chi connectivity index (χ0) is 22.6. The third kappa shape index (κ3) is 4.50. The van der Waals surface area contributed by atoms with Gasteiger partial charge >= 0.3 is 0 Å². The Kier molecular flexibility index (Phi) is 5.63. The van der Waals surface area contributed by atoms with E-state index in [1.165, 1.54) is 12.1 Å². The Morgan fingerprint density at radius 3 is 2.58 bits per heavy atom. The van der Waals surface area contributed by atoms with Crippen molar-refractivity contribution in [2.75, 3.05) is 6.54 Å². The molecule has 0 spiro atoms. The van der Waals surface area contributed by atoms with Gasteiger partial charge in [-0.1, -0.05) is 30.3 Å². The van der Waals surface area contributed by atoms with Crippen LogP contribution < -0.4 is 5.32 Å². The fraction of sp³-hybridized carbons (Fsp3) is 0.120.